The number of benzene rings is 2. The lowest BCUT2D eigenvalue weighted by Gasteiger charge is -2.24. The number of nitrogens with zero attached hydrogens (tertiary/aromatic N) is 2. The number of fused-ring (bicyclic) bond motifs is 1. The zero-order valence-corrected chi connectivity index (χ0v) is 17.0. The molecule has 6 heteroatoms. The predicted molar refractivity (Wildman–Crippen MR) is 113 cm³/mol. The van der Waals surface area contributed by atoms with Gasteiger partial charge < -0.3 is 5.32 Å². The summed E-state index contributed by atoms with van der Waals surface area (Å²) in [6.45, 7) is 6.45. The van der Waals surface area contributed by atoms with Crippen LogP contribution in [-0.4, -0.2) is 22.0 Å². The molecule has 0 saturated carbocycles. The first kappa shape index (κ1) is 20.1. The summed E-state index contributed by atoms with van der Waals surface area (Å²) in [4.78, 5) is 29.6. The molecule has 1 heterocycles. The highest BCUT2D eigenvalue weighted by atomic mass is 35.5. The first-order valence-corrected chi connectivity index (χ1v) is 9.73. The van der Waals surface area contributed by atoms with Crippen molar-refractivity contribution in [2.75, 3.05) is 6.54 Å². The molecule has 0 radical (unpaired) electrons. The summed E-state index contributed by atoms with van der Waals surface area (Å²) in [7, 11) is 0. The van der Waals surface area contributed by atoms with E-state index in [2.05, 4.69) is 19.2 Å². The number of hydrogen-bond acceptors (Lipinski definition) is 3. The first-order valence-electron chi connectivity index (χ1n) is 9.35. The van der Waals surface area contributed by atoms with E-state index >= 15 is 0 Å². The van der Waals surface area contributed by atoms with Gasteiger partial charge in [-0.05, 0) is 29.7 Å². The van der Waals surface area contributed by atoms with Crippen molar-refractivity contribution < 1.29 is 4.79 Å². The van der Waals surface area contributed by atoms with E-state index in [1.807, 2.05) is 30.3 Å². The summed E-state index contributed by atoms with van der Waals surface area (Å²) in [5, 5.41) is 3.94. The molecule has 146 valence electrons. The molecule has 1 amide bonds. The summed E-state index contributed by atoms with van der Waals surface area (Å²) in [6.07, 6.45) is 0. The first-order chi connectivity index (χ1) is 13.4. The van der Waals surface area contributed by atoms with Crippen LogP contribution >= 0.6 is 11.6 Å². The van der Waals surface area contributed by atoms with Crippen molar-refractivity contribution in [3.63, 3.8) is 0 Å². The molecule has 3 aromatic rings. The Morgan fingerprint density at radius 3 is 2.54 bits per heavy atom. The smallest absolute Gasteiger partial charge is 0.261 e. The molecule has 1 atom stereocenters. The number of rotatable bonds is 6. The molecule has 0 fully saturated rings. The van der Waals surface area contributed by atoms with Gasteiger partial charge in [0.25, 0.3) is 5.56 Å². The molecule has 3 rings (SSSR count). The molecule has 1 unspecified atom stereocenters. The van der Waals surface area contributed by atoms with Gasteiger partial charge in [0.1, 0.15) is 5.82 Å². The Kier molecular flexibility index (Phi) is 6.15. The van der Waals surface area contributed by atoms with Crippen molar-refractivity contribution in [2.45, 2.75) is 33.2 Å². The normalized spacial score (nSPS) is 12.3. The average molecular weight is 398 g/mol. The molecule has 0 saturated heterocycles. The second-order valence-electron chi connectivity index (χ2n) is 7.30. The summed E-state index contributed by atoms with van der Waals surface area (Å²) in [5.74, 6) is 0.625. The molecule has 0 bridgehead atoms. The molecule has 0 aliphatic rings. The van der Waals surface area contributed by atoms with Gasteiger partial charge in [0, 0.05) is 24.4 Å². The Balaban J connectivity index is 2.20. The molecule has 5 nitrogen and oxygen atoms in total. The maximum absolute atomic E-state index is 13.3. The molecule has 0 aliphatic heterocycles. The third-order valence-corrected chi connectivity index (χ3v) is 5.07. The maximum Gasteiger partial charge on any atom is 0.261 e. The second-order valence-corrected chi connectivity index (χ2v) is 7.73. The Morgan fingerprint density at radius 1 is 1.18 bits per heavy atom. The van der Waals surface area contributed by atoms with Crippen molar-refractivity contribution >= 4 is 28.4 Å². The van der Waals surface area contributed by atoms with Crippen LogP contribution in [0.5, 0.6) is 0 Å². The van der Waals surface area contributed by atoms with Crippen molar-refractivity contribution in [3.8, 4) is 0 Å². The van der Waals surface area contributed by atoms with E-state index in [-0.39, 0.29) is 23.3 Å². The fraction of sp³-hybridized carbons (Fsp3) is 0.318. The fourth-order valence-electron chi connectivity index (χ4n) is 3.29. The molecule has 0 spiro atoms. The lowest BCUT2D eigenvalue weighted by atomic mass is 9.94. The van der Waals surface area contributed by atoms with Crippen molar-refractivity contribution in [3.05, 3.63) is 75.3 Å². The molecular weight excluding hydrogens is 374 g/mol. The summed E-state index contributed by atoms with van der Waals surface area (Å²) in [6, 6.07) is 15.0. The van der Waals surface area contributed by atoms with Gasteiger partial charge in [-0.2, -0.15) is 0 Å². The minimum absolute atomic E-state index is 0.103. The minimum Gasteiger partial charge on any atom is -0.356 e. The Bertz CT molecular complexity index is 1040. The van der Waals surface area contributed by atoms with Gasteiger partial charge in [0.05, 0.1) is 17.4 Å². The number of hydrogen-bond donors (Lipinski definition) is 1. The highest BCUT2D eigenvalue weighted by molar-refractivity contribution is 6.31. The van der Waals surface area contributed by atoms with Crippen LogP contribution in [0.25, 0.3) is 10.9 Å². The molecular formula is C22H24ClN3O2. The Morgan fingerprint density at radius 2 is 1.89 bits per heavy atom. The van der Waals surface area contributed by atoms with E-state index in [1.165, 1.54) is 6.92 Å². The number of amides is 1. The van der Waals surface area contributed by atoms with Gasteiger partial charge in [-0.25, -0.2) is 4.98 Å². The van der Waals surface area contributed by atoms with Gasteiger partial charge >= 0.3 is 0 Å². The van der Waals surface area contributed by atoms with E-state index < -0.39 is 0 Å². The largest absolute Gasteiger partial charge is 0.356 e. The van der Waals surface area contributed by atoms with E-state index in [1.54, 1.807) is 22.8 Å². The highest BCUT2D eigenvalue weighted by Gasteiger charge is 2.23. The van der Waals surface area contributed by atoms with Crippen LogP contribution in [0, 0.1) is 5.92 Å². The fourth-order valence-corrected chi connectivity index (χ4v) is 3.46. The van der Waals surface area contributed by atoms with Crippen LogP contribution in [0.4, 0.5) is 0 Å². The summed E-state index contributed by atoms with van der Waals surface area (Å²) in [5.41, 5.74) is 1.49. The zero-order chi connectivity index (χ0) is 20.3. The minimum atomic E-state index is -0.108. The zero-order valence-electron chi connectivity index (χ0n) is 16.3. The number of nitrogens with one attached hydrogen (secondary N) is 1. The van der Waals surface area contributed by atoms with Crippen molar-refractivity contribution in [2.24, 2.45) is 5.92 Å². The lowest BCUT2D eigenvalue weighted by Crippen LogP contribution is -2.34. The average Bonchev–Trinajstić information content (AvgIpc) is 2.65. The van der Waals surface area contributed by atoms with E-state index in [4.69, 9.17) is 16.6 Å². The standard InChI is InChI=1S/C22H24ClN3O2/c1-14(2)19(12-24-15(3)27)21-25-20-11-17(23)9-10-18(20)22(28)26(21)13-16-7-5-4-6-8-16/h4-11,14,19H,12-13H2,1-3H3,(H,24,27). The monoisotopic (exact) mass is 397 g/mol. The number of aromatic nitrogens is 2. The molecule has 1 N–H and O–H groups in total. The third kappa shape index (κ3) is 4.42. The van der Waals surface area contributed by atoms with Gasteiger partial charge in [-0.3, -0.25) is 14.2 Å². The van der Waals surface area contributed by atoms with Crippen molar-refractivity contribution in [1.29, 1.82) is 0 Å². The van der Waals surface area contributed by atoms with Crippen LogP contribution in [0.15, 0.2) is 53.3 Å². The van der Waals surface area contributed by atoms with Crippen LogP contribution in [0.3, 0.4) is 0 Å². The van der Waals surface area contributed by atoms with E-state index in [0.717, 1.165) is 5.56 Å². The van der Waals surface area contributed by atoms with Gasteiger partial charge in [0.15, 0.2) is 0 Å². The summed E-state index contributed by atoms with van der Waals surface area (Å²) < 4.78 is 1.72. The third-order valence-electron chi connectivity index (χ3n) is 4.84. The van der Waals surface area contributed by atoms with Crippen LogP contribution in [0.1, 0.15) is 38.1 Å². The molecule has 28 heavy (non-hydrogen) atoms. The quantitative estimate of drug-likeness (QED) is 0.684. The number of carbonyl (C=O) groups excluding carboxylic acids is 1. The van der Waals surface area contributed by atoms with Gasteiger partial charge in [-0.1, -0.05) is 55.8 Å². The number of carbonyl (C=O) groups is 1. The maximum atomic E-state index is 13.3. The molecule has 2 aromatic carbocycles. The lowest BCUT2D eigenvalue weighted by molar-refractivity contribution is -0.119. The topological polar surface area (TPSA) is 64.0 Å². The van der Waals surface area contributed by atoms with Gasteiger partial charge in [0.2, 0.25) is 5.91 Å². The highest BCUT2D eigenvalue weighted by Crippen LogP contribution is 2.25. The van der Waals surface area contributed by atoms with E-state index in [9.17, 15) is 9.59 Å². The van der Waals surface area contributed by atoms with Crippen LogP contribution < -0.4 is 10.9 Å². The second kappa shape index (κ2) is 8.57. The number of halogens is 1. The van der Waals surface area contributed by atoms with Crippen LogP contribution in [0.2, 0.25) is 5.02 Å². The predicted octanol–water partition coefficient (Wildman–Crippen LogP) is 3.97. The SMILES string of the molecule is CC(=O)NCC(c1nc2cc(Cl)ccc2c(=O)n1Cc1ccccc1)C(C)C. The summed E-state index contributed by atoms with van der Waals surface area (Å²) >= 11 is 6.13. The Hall–Kier alpha value is -2.66. The van der Waals surface area contributed by atoms with Crippen molar-refractivity contribution in [1.82, 2.24) is 14.9 Å². The molecule has 0 aliphatic carbocycles. The Labute approximate surface area is 169 Å². The molecule has 1 aromatic heterocycles. The van der Waals surface area contributed by atoms with Gasteiger partial charge in [-0.15, -0.1) is 0 Å². The van der Waals surface area contributed by atoms with E-state index in [0.29, 0.717) is 34.8 Å². The van der Waals surface area contributed by atoms with Crippen LogP contribution in [-0.2, 0) is 11.3 Å².